The van der Waals surface area contributed by atoms with Crippen LogP contribution >= 0.6 is 0 Å². The van der Waals surface area contributed by atoms with Gasteiger partial charge in [0.1, 0.15) is 12.2 Å². The van der Waals surface area contributed by atoms with Gasteiger partial charge in [-0.2, -0.15) is 5.10 Å². The molecule has 16 heavy (non-hydrogen) atoms. The van der Waals surface area contributed by atoms with Crippen molar-refractivity contribution in [2.24, 2.45) is 0 Å². The lowest BCUT2D eigenvalue weighted by Crippen LogP contribution is -2.34. The van der Waals surface area contributed by atoms with Gasteiger partial charge in [0.15, 0.2) is 0 Å². The van der Waals surface area contributed by atoms with E-state index in [0.717, 1.165) is 0 Å². The molecule has 2 atom stereocenters. The number of aliphatic hydroxyl groups excluding tert-OH is 2. The lowest BCUT2D eigenvalue weighted by Gasteiger charge is -2.16. The number of hydrogen-bond acceptors (Lipinski definition) is 5. The van der Waals surface area contributed by atoms with E-state index >= 15 is 0 Å². The Kier molecular flexibility index (Phi) is 4.15. The fraction of sp³-hybridized carbons (Fsp3) is 0.444. The number of carbonyl (C=O) groups is 1. The van der Waals surface area contributed by atoms with E-state index in [9.17, 15) is 19.8 Å². The minimum absolute atomic E-state index is 0.0860. The van der Waals surface area contributed by atoms with E-state index in [0.29, 0.717) is 0 Å². The number of hydrogen-bond donors (Lipinski definition) is 4. The summed E-state index contributed by atoms with van der Waals surface area (Å²) in [5.41, 5.74) is -0.259. The molecule has 7 nitrogen and oxygen atoms in total. The monoisotopic (exact) mass is 227 g/mol. The maximum atomic E-state index is 10.7. The van der Waals surface area contributed by atoms with E-state index in [1.54, 1.807) is 0 Å². The molecule has 1 aromatic heterocycles. The van der Waals surface area contributed by atoms with Gasteiger partial charge >= 0.3 is 0 Å². The molecule has 88 valence electrons. The summed E-state index contributed by atoms with van der Waals surface area (Å²) < 4.78 is 0. The number of nitrogens with one attached hydrogen (secondary N) is 2. The van der Waals surface area contributed by atoms with Gasteiger partial charge in [-0.1, -0.05) is 0 Å². The third-order valence-corrected chi connectivity index (χ3v) is 1.93. The second-order valence-electron chi connectivity index (χ2n) is 3.30. The summed E-state index contributed by atoms with van der Waals surface area (Å²) in [6.07, 6.45) is -2.44. The molecule has 2 unspecified atom stereocenters. The van der Waals surface area contributed by atoms with Crippen LogP contribution in [0.15, 0.2) is 16.9 Å². The lowest BCUT2D eigenvalue weighted by molar-refractivity contribution is -0.119. The fourth-order valence-corrected chi connectivity index (χ4v) is 1.08. The van der Waals surface area contributed by atoms with Crippen molar-refractivity contribution in [3.05, 3.63) is 28.2 Å². The minimum Gasteiger partial charge on any atom is -0.388 e. The Morgan fingerprint density at radius 3 is 2.75 bits per heavy atom. The second-order valence-corrected chi connectivity index (χ2v) is 3.30. The van der Waals surface area contributed by atoms with Crippen molar-refractivity contribution in [2.45, 2.75) is 19.1 Å². The highest BCUT2D eigenvalue weighted by Crippen LogP contribution is 2.11. The Labute approximate surface area is 91.1 Å². The van der Waals surface area contributed by atoms with Gasteiger partial charge in [0.2, 0.25) is 5.91 Å². The topological polar surface area (TPSA) is 115 Å². The predicted octanol–water partition coefficient (Wildman–Crippen LogP) is -1.70. The van der Waals surface area contributed by atoms with E-state index < -0.39 is 17.8 Å². The first-order chi connectivity index (χ1) is 7.50. The average Bonchev–Trinajstić information content (AvgIpc) is 2.26. The number of H-pyrrole nitrogens is 1. The minimum atomic E-state index is -1.26. The Bertz CT molecular complexity index is 397. The summed E-state index contributed by atoms with van der Waals surface area (Å²) in [6, 6.07) is 2.50. The van der Waals surface area contributed by atoms with Gasteiger partial charge in [-0.05, 0) is 6.07 Å². The third kappa shape index (κ3) is 3.44. The zero-order chi connectivity index (χ0) is 12.1. The first-order valence-electron chi connectivity index (χ1n) is 4.67. The summed E-state index contributed by atoms with van der Waals surface area (Å²) in [6.45, 7) is 1.22. The number of aromatic amines is 1. The molecule has 0 aromatic carbocycles. The molecule has 0 spiro atoms. The zero-order valence-corrected chi connectivity index (χ0v) is 8.67. The van der Waals surface area contributed by atoms with Crippen molar-refractivity contribution in [3.63, 3.8) is 0 Å². The summed E-state index contributed by atoms with van der Waals surface area (Å²) in [7, 11) is 0. The molecule has 1 amide bonds. The Balaban J connectivity index is 2.62. The van der Waals surface area contributed by atoms with Crippen molar-refractivity contribution in [3.8, 4) is 0 Å². The van der Waals surface area contributed by atoms with Crippen LogP contribution in [0.4, 0.5) is 0 Å². The van der Waals surface area contributed by atoms with Crippen molar-refractivity contribution >= 4 is 5.91 Å². The molecule has 0 saturated heterocycles. The molecule has 0 radical (unpaired) electrons. The molecular formula is C9H13N3O4. The standard InChI is InChI=1S/C9H13N3O4/c1-5(13)10-4-7(14)9(16)6-2-3-8(15)12-11-6/h2-3,7,9,14,16H,4H2,1H3,(H,10,13)(H,12,15). The van der Waals surface area contributed by atoms with Crippen LogP contribution in [-0.2, 0) is 4.79 Å². The highest BCUT2D eigenvalue weighted by molar-refractivity contribution is 5.72. The highest BCUT2D eigenvalue weighted by Gasteiger charge is 2.19. The molecule has 1 aromatic rings. The van der Waals surface area contributed by atoms with Crippen LogP contribution in [0.25, 0.3) is 0 Å². The van der Waals surface area contributed by atoms with Gasteiger partial charge in [0.05, 0.1) is 5.69 Å². The van der Waals surface area contributed by atoms with E-state index in [1.165, 1.54) is 19.1 Å². The van der Waals surface area contributed by atoms with Gasteiger partial charge in [0.25, 0.3) is 5.56 Å². The Hall–Kier alpha value is -1.73. The average molecular weight is 227 g/mol. The molecule has 0 fully saturated rings. The molecule has 4 N–H and O–H groups in total. The molecule has 0 aliphatic rings. The van der Waals surface area contributed by atoms with E-state index in [1.807, 2.05) is 0 Å². The quantitative estimate of drug-likeness (QED) is 0.489. The van der Waals surface area contributed by atoms with Crippen LogP contribution in [0, 0.1) is 0 Å². The highest BCUT2D eigenvalue weighted by atomic mass is 16.3. The maximum absolute atomic E-state index is 10.7. The summed E-state index contributed by atoms with van der Waals surface area (Å²) >= 11 is 0. The van der Waals surface area contributed by atoms with Crippen molar-refractivity contribution < 1.29 is 15.0 Å². The van der Waals surface area contributed by atoms with Crippen LogP contribution in [0.2, 0.25) is 0 Å². The number of nitrogens with zero attached hydrogens (tertiary/aromatic N) is 1. The first-order valence-corrected chi connectivity index (χ1v) is 4.67. The molecule has 0 saturated carbocycles. The zero-order valence-electron chi connectivity index (χ0n) is 8.67. The fourth-order valence-electron chi connectivity index (χ4n) is 1.08. The van der Waals surface area contributed by atoms with Crippen LogP contribution < -0.4 is 10.9 Å². The van der Waals surface area contributed by atoms with Crippen molar-refractivity contribution in [1.82, 2.24) is 15.5 Å². The van der Waals surface area contributed by atoms with Gasteiger partial charge in [-0.25, -0.2) is 5.10 Å². The molecule has 7 heteroatoms. The Morgan fingerprint density at radius 2 is 2.25 bits per heavy atom. The smallest absolute Gasteiger partial charge is 0.264 e. The number of rotatable bonds is 4. The summed E-state index contributed by atoms with van der Waals surface area (Å²) in [5.74, 6) is -0.305. The van der Waals surface area contributed by atoms with Crippen molar-refractivity contribution in [1.29, 1.82) is 0 Å². The van der Waals surface area contributed by atoms with Crippen LogP contribution in [0.1, 0.15) is 18.7 Å². The Morgan fingerprint density at radius 1 is 1.56 bits per heavy atom. The first kappa shape index (κ1) is 12.3. The van der Waals surface area contributed by atoms with Gasteiger partial charge in [-0.15, -0.1) is 0 Å². The molecule has 0 aliphatic carbocycles. The number of aromatic nitrogens is 2. The molecule has 1 heterocycles. The van der Waals surface area contributed by atoms with Gasteiger partial charge in [-0.3, -0.25) is 9.59 Å². The molecular weight excluding hydrogens is 214 g/mol. The number of amides is 1. The molecule has 0 bridgehead atoms. The SMILES string of the molecule is CC(=O)NCC(O)C(O)c1ccc(=O)[nH]n1. The van der Waals surface area contributed by atoms with E-state index in [-0.39, 0.29) is 18.1 Å². The third-order valence-electron chi connectivity index (χ3n) is 1.93. The number of carbonyl (C=O) groups excluding carboxylic acids is 1. The molecule has 0 aliphatic heterocycles. The lowest BCUT2D eigenvalue weighted by atomic mass is 10.1. The normalized spacial score (nSPS) is 14.2. The van der Waals surface area contributed by atoms with E-state index in [2.05, 4.69) is 15.5 Å². The van der Waals surface area contributed by atoms with Crippen molar-refractivity contribution in [2.75, 3.05) is 6.54 Å². The predicted molar refractivity (Wildman–Crippen MR) is 54.5 cm³/mol. The van der Waals surface area contributed by atoms with Gasteiger partial charge < -0.3 is 15.5 Å². The van der Waals surface area contributed by atoms with Crippen LogP contribution in [0.3, 0.4) is 0 Å². The van der Waals surface area contributed by atoms with Crippen LogP contribution in [0.5, 0.6) is 0 Å². The largest absolute Gasteiger partial charge is 0.388 e. The van der Waals surface area contributed by atoms with Gasteiger partial charge in [0, 0.05) is 19.5 Å². The number of aliphatic hydroxyl groups is 2. The van der Waals surface area contributed by atoms with Crippen LogP contribution in [-0.4, -0.2) is 39.0 Å². The van der Waals surface area contributed by atoms with E-state index in [4.69, 9.17) is 0 Å². The second kappa shape index (κ2) is 5.38. The summed E-state index contributed by atoms with van der Waals surface area (Å²) in [4.78, 5) is 21.3. The summed E-state index contributed by atoms with van der Waals surface area (Å²) in [5, 5.41) is 27.2. The molecule has 1 rings (SSSR count). The maximum Gasteiger partial charge on any atom is 0.264 e.